The fourth-order valence-corrected chi connectivity index (χ4v) is 2.74. The maximum atomic E-state index is 9.23. The number of anilines is 2. The molecule has 1 aliphatic heterocycles. The molecule has 0 unspecified atom stereocenters. The fourth-order valence-electron chi connectivity index (χ4n) is 2.58. The number of hydrogen-bond donors (Lipinski definition) is 0. The highest BCUT2D eigenvalue weighted by Gasteiger charge is 2.20. The molecule has 0 bridgehead atoms. The quantitative estimate of drug-likeness (QED) is 0.855. The van der Waals surface area contributed by atoms with Gasteiger partial charge in [-0.25, -0.2) is 4.98 Å². The van der Waals surface area contributed by atoms with Gasteiger partial charge in [0.15, 0.2) is 0 Å². The number of rotatable bonds is 2. The number of nitriles is 1. The predicted octanol–water partition coefficient (Wildman–Crippen LogP) is 2.93. The summed E-state index contributed by atoms with van der Waals surface area (Å²) in [7, 11) is 0. The largest absolute Gasteiger partial charge is 0.367 e. The normalized spacial score (nSPS) is 14.9. The Hall–Kier alpha value is -2.25. The van der Waals surface area contributed by atoms with Crippen LogP contribution in [-0.4, -0.2) is 31.2 Å². The summed E-state index contributed by atoms with van der Waals surface area (Å²) < 4.78 is 0. The number of hydrogen-bond acceptors (Lipinski definition) is 4. The van der Waals surface area contributed by atoms with Crippen LogP contribution < -0.4 is 9.80 Å². The first-order chi connectivity index (χ1) is 10.3. The Morgan fingerprint density at radius 1 is 1.05 bits per heavy atom. The number of halogens is 1. The van der Waals surface area contributed by atoms with Crippen molar-refractivity contribution < 1.29 is 0 Å². The van der Waals surface area contributed by atoms with Crippen LogP contribution in [0.15, 0.2) is 42.6 Å². The average Bonchev–Trinajstić information content (AvgIpc) is 2.56. The van der Waals surface area contributed by atoms with Crippen LogP contribution in [-0.2, 0) is 0 Å². The molecule has 21 heavy (non-hydrogen) atoms. The number of aromatic nitrogens is 1. The lowest BCUT2D eigenvalue weighted by Gasteiger charge is -2.37. The molecule has 0 atom stereocenters. The minimum absolute atomic E-state index is 0.663. The van der Waals surface area contributed by atoms with E-state index >= 15 is 0 Å². The van der Waals surface area contributed by atoms with Gasteiger partial charge in [0.05, 0.1) is 11.3 Å². The van der Waals surface area contributed by atoms with E-state index in [0.717, 1.165) is 37.7 Å². The Morgan fingerprint density at radius 2 is 1.81 bits per heavy atom. The van der Waals surface area contributed by atoms with E-state index in [-0.39, 0.29) is 0 Å². The topological polar surface area (TPSA) is 43.2 Å². The van der Waals surface area contributed by atoms with Gasteiger partial charge in [0.2, 0.25) is 0 Å². The number of benzene rings is 1. The summed E-state index contributed by atoms with van der Waals surface area (Å²) in [5.41, 5.74) is 1.59. The molecule has 0 spiro atoms. The van der Waals surface area contributed by atoms with Crippen LogP contribution in [0.3, 0.4) is 0 Å². The SMILES string of the molecule is N#Cc1ccc(Cl)cc1N1CCN(c2ccccn2)CC1. The zero-order valence-electron chi connectivity index (χ0n) is 11.5. The molecule has 106 valence electrons. The lowest BCUT2D eigenvalue weighted by molar-refractivity contribution is 0.647. The van der Waals surface area contributed by atoms with Gasteiger partial charge in [-0.2, -0.15) is 5.26 Å². The Kier molecular flexibility index (Phi) is 3.94. The van der Waals surface area contributed by atoms with Crippen LogP contribution in [0.2, 0.25) is 5.02 Å². The van der Waals surface area contributed by atoms with Crippen molar-refractivity contribution in [1.82, 2.24) is 4.98 Å². The highest BCUT2D eigenvalue weighted by Crippen LogP contribution is 2.26. The van der Waals surface area contributed by atoms with Crippen LogP contribution in [0.25, 0.3) is 0 Å². The summed E-state index contributed by atoms with van der Waals surface area (Å²) in [5, 5.41) is 9.89. The highest BCUT2D eigenvalue weighted by molar-refractivity contribution is 6.30. The first-order valence-electron chi connectivity index (χ1n) is 6.88. The van der Waals surface area contributed by atoms with Gasteiger partial charge in [-0.15, -0.1) is 0 Å². The summed E-state index contributed by atoms with van der Waals surface area (Å²) in [5.74, 6) is 1.00. The van der Waals surface area contributed by atoms with Crippen molar-refractivity contribution in [1.29, 1.82) is 5.26 Å². The van der Waals surface area contributed by atoms with E-state index in [9.17, 15) is 5.26 Å². The maximum absolute atomic E-state index is 9.23. The molecule has 0 amide bonds. The molecule has 0 saturated carbocycles. The average molecular weight is 299 g/mol. The third kappa shape index (κ3) is 2.93. The van der Waals surface area contributed by atoms with Gasteiger partial charge < -0.3 is 9.80 Å². The summed E-state index contributed by atoms with van der Waals surface area (Å²) in [6, 6.07) is 13.6. The summed E-state index contributed by atoms with van der Waals surface area (Å²) in [6.45, 7) is 3.47. The Balaban J connectivity index is 1.75. The second-order valence-electron chi connectivity index (χ2n) is 4.94. The molecule has 2 heterocycles. The molecular formula is C16H15ClN4. The zero-order chi connectivity index (χ0) is 14.7. The Labute approximate surface area is 129 Å². The van der Waals surface area contributed by atoms with Gasteiger partial charge in [0.25, 0.3) is 0 Å². The third-order valence-corrected chi connectivity index (χ3v) is 3.91. The van der Waals surface area contributed by atoms with Gasteiger partial charge in [-0.05, 0) is 30.3 Å². The zero-order valence-corrected chi connectivity index (χ0v) is 12.3. The van der Waals surface area contributed by atoms with Crippen molar-refractivity contribution in [2.75, 3.05) is 36.0 Å². The van der Waals surface area contributed by atoms with Crippen molar-refractivity contribution in [3.63, 3.8) is 0 Å². The van der Waals surface area contributed by atoms with Crippen LogP contribution >= 0.6 is 11.6 Å². The van der Waals surface area contributed by atoms with Gasteiger partial charge in [0, 0.05) is 37.4 Å². The molecule has 1 aromatic heterocycles. The van der Waals surface area contributed by atoms with E-state index in [0.29, 0.717) is 10.6 Å². The van der Waals surface area contributed by atoms with Crippen LogP contribution in [0.4, 0.5) is 11.5 Å². The molecular weight excluding hydrogens is 284 g/mol. The first kappa shape index (κ1) is 13.7. The predicted molar refractivity (Wildman–Crippen MR) is 84.8 cm³/mol. The minimum atomic E-state index is 0.663. The van der Waals surface area contributed by atoms with Gasteiger partial charge >= 0.3 is 0 Å². The van der Waals surface area contributed by atoms with Crippen molar-refractivity contribution >= 4 is 23.1 Å². The van der Waals surface area contributed by atoms with Gasteiger partial charge in [-0.1, -0.05) is 17.7 Å². The molecule has 1 aromatic carbocycles. The summed E-state index contributed by atoms with van der Waals surface area (Å²) >= 11 is 6.06. The second kappa shape index (κ2) is 6.02. The van der Waals surface area contributed by atoms with Crippen molar-refractivity contribution in [3.8, 4) is 6.07 Å². The van der Waals surface area contributed by atoms with E-state index in [1.54, 1.807) is 12.1 Å². The van der Waals surface area contributed by atoms with Gasteiger partial charge in [-0.3, -0.25) is 0 Å². The fraction of sp³-hybridized carbons (Fsp3) is 0.250. The van der Waals surface area contributed by atoms with Crippen LogP contribution in [0.5, 0.6) is 0 Å². The standard InChI is InChI=1S/C16H15ClN4/c17-14-5-4-13(12-18)15(11-14)20-7-9-21(10-8-20)16-3-1-2-6-19-16/h1-6,11H,7-10H2. The summed E-state index contributed by atoms with van der Waals surface area (Å²) in [6.07, 6.45) is 1.81. The van der Waals surface area contributed by atoms with E-state index in [4.69, 9.17) is 11.6 Å². The van der Waals surface area contributed by atoms with E-state index in [1.807, 2.05) is 30.5 Å². The third-order valence-electron chi connectivity index (χ3n) is 3.67. The molecule has 1 aliphatic rings. The molecule has 5 heteroatoms. The van der Waals surface area contributed by atoms with Crippen LogP contribution in [0.1, 0.15) is 5.56 Å². The molecule has 1 saturated heterocycles. The Morgan fingerprint density at radius 3 is 2.48 bits per heavy atom. The lowest BCUT2D eigenvalue weighted by Crippen LogP contribution is -2.47. The van der Waals surface area contributed by atoms with E-state index in [1.165, 1.54) is 0 Å². The smallest absolute Gasteiger partial charge is 0.128 e. The lowest BCUT2D eigenvalue weighted by atomic mass is 10.1. The summed E-state index contributed by atoms with van der Waals surface area (Å²) in [4.78, 5) is 8.85. The number of pyridine rings is 1. The van der Waals surface area contributed by atoms with E-state index in [2.05, 4.69) is 20.9 Å². The maximum Gasteiger partial charge on any atom is 0.128 e. The first-order valence-corrected chi connectivity index (χ1v) is 7.26. The highest BCUT2D eigenvalue weighted by atomic mass is 35.5. The molecule has 0 radical (unpaired) electrons. The van der Waals surface area contributed by atoms with Gasteiger partial charge in [0.1, 0.15) is 11.9 Å². The molecule has 4 nitrogen and oxygen atoms in total. The molecule has 0 aliphatic carbocycles. The second-order valence-corrected chi connectivity index (χ2v) is 5.37. The molecule has 0 N–H and O–H groups in total. The monoisotopic (exact) mass is 298 g/mol. The van der Waals surface area contributed by atoms with Crippen molar-refractivity contribution in [2.45, 2.75) is 0 Å². The van der Waals surface area contributed by atoms with Crippen LogP contribution in [0, 0.1) is 11.3 Å². The molecule has 2 aromatic rings. The number of piperazine rings is 1. The molecule has 1 fully saturated rings. The van der Waals surface area contributed by atoms with Crippen molar-refractivity contribution in [3.05, 3.63) is 53.2 Å². The molecule has 3 rings (SSSR count). The number of nitrogens with zero attached hydrogens (tertiary/aromatic N) is 4. The van der Waals surface area contributed by atoms with Crippen molar-refractivity contribution in [2.24, 2.45) is 0 Å². The van der Waals surface area contributed by atoms with E-state index < -0.39 is 0 Å². The Bertz CT molecular complexity index is 658. The minimum Gasteiger partial charge on any atom is -0.367 e.